The van der Waals surface area contributed by atoms with E-state index < -0.39 is 5.82 Å². The van der Waals surface area contributed by atoms with Crippen molar-refractivity contribution in [3.05, 3.63) is 58.9 Å². The molecule has 0 aliphatic heterocycles. The summed E-state index contributed by atoms with van der Waals surface area (Å²) in [5, 5.41) is 2.49. The third-order valence-electron chi connectivity index (χ3n) is 3.28. The standard InChI is InChI=1S/C18H18FNO2S/c1-11-4-7-18(12(2)8-11)23-10-17(22)15-6-5-14(9-16(15)19)20-13(3)21/h4-9H,10H2,1-3H3,(H,20,21). The van der Waals surface area contributed by atoms with Gasteiger partial charge >= 0.3 is 0 Å². The van der Waals surface area contributed by atoms with Crippen molar-refractivity contribution in [1.29, 1.82) is 0 Å². The molecule has 0 unspecified atom stereocenters. The molecule has 0 aromatic heterocycles. The smallest absolute Gasteiger partial charge is 0.221 e. The van der Waals surface area contributed by atoms with Gasteiger partial charge in [0.15, 0.2) is 5.78 Å². The normalized spacial score (nSPS) is 10.4. The van der Waals surface area contributed by atoms with E-state index in [4.69, 9.17) is 0 Å². The number of nitrogens with one attached hydrogen (secondary N) is 1. The number of amides is 1. The van der Waals surface area contributed by atoms with Gasteiger partial charge in [0.05, 0.1) is 11.3 Å². The Morgan fingerprint density at radius 3 is 2.48 bits per heavy atom. The fourth-order valence-electron chi connectivity index (χ4n) is 2.20. The predicted octanol–water partition coefficient (Wildman–Crippen LogP) is 4.38. The first kappa shape index (κ1) is 17.2. The largest absolute Gasteiger partial charge is 0.326 e. The van der Waals surface area contributed by atoms with Crippen molar-refractivity contribution in [3.8, 4) is 0 Å². The molecule has 2 rings (SSSR count). The van der Waals surface area contributed by atoms with E-state index in [2.05, 4.69) is 11.4 Å². The summed E-state index contributed by atoms with van der Waals surface area (Å²) in [4.78, 5) is 24.2. The van der Waals surface area contributed by atoms with E-state index >= 15 is 0 Å². The highest BCUT2D eigenvalue weighted by atomic mass is 32.2. The lowest BCUT2D eigenvalue weighted by Gasteiger charge is -2.08. The van der Waals surface area contributed by atoms with Crippen LogP contribution in [0.25, 0.3) is 0 Å². The number of thioether (sulfide) groups is 1. The van der Waals surface area contributed by atoms with Crippen molar-refractivity contribution in [1.82, 2.24) is 0 Å². The Hall–Kier alpha value is -2.14. The van der Waals surface area contributed by atoms with Gasteiger partial charge in [-0.2, -0.15) is 0 Å². The highest BCUT2D eigenvalue weighted by Gasteiger charge is 2.13. The van der Waals surface area contributed by atoms with E-state index in [-0.39, 0.29) is 23.0 Å². The number of carbonyl (C=O) groups excluding carboxylic acids is 2. The second kappa shape index (κ2) is 7.42. The Balaban J connectivity index is 2.07. The molecule has 1 amide bonds. The number of Topliss-reactive ketones (excluding diaryl/α,β-unsaturated/α-hetero) is 1. The van der Waals surface area contributed by atoms with Crippen molar-refractivity contribution < 1.29 is 14.0 Å². The summed E-state index contributed by atoms with van der Waals surface area (Å²) in [6.07, 6.45) is 0. The molecule has 120 valence electrons. The first-order chi connectivity index (χ1) is 10.9. The van der Waals surface area contributed by atoms with Gasteiger partial charge in [0.2, 0.25) is 5.91 Å². The van der Waals surface area contributed by atoms with Gasteiger partial charge in [-0.25, -0.2) is 4.39 Å². The van der Waals surface area contributed by atoms with Crippen LogP contribution in [-0.2, 0) is 4.79 Å². The summed E-state index contributed by atoms with van der Waals surface area (Å²) < 4.78 is 14.0. The van der Waals surface area contributed by atoms with Crippen LogP contribution in [0.2, 0.25) is 0 Å². The summed E-state index contributed by atoms with van der Waals surface area (Å²) in [5.74, 6) is -1.02. The van der Waals surface area contributed by atoms with Crippen LogP contribution in [0.1, 0.15) is 28.4 Å². The number of anilines is 1. The molecule has 3 nitrogen and oxygen atoms in total. The monoisotopic (exact) mass is 331 g/mol. The highest BCUT2D eigenvalue weighted by Crippen LogP contribution is 2.25. The van der Waals surface area contributed by atoms with E-state index in [9.17, 15) is 14.0 Å². The Kier molecular flexibility index (Phi) is 5.55. The third kappa shape index (κ3) is 4.66. The molecule has 1 N–H and O–H groups in total. The number of hydrogen-bond donors (Lipinski definition) is 1. The van der Waals surface area contributed by atoms with Crippen molar-refractivity contribution >= 4 is 29.1 Å². The number of aryl methyl sites for hydroxylation is 2. The minimum atomic E-state index is -0.623. The number of carbonyl (C=O) groups is 2. The van der Waals surface area contributed by atoms with E-state index in [0.717, 1.165) is 22.1 Å². The molecule has 0 aliphatic rings. The molecule has 0 saturated carbocycles. The minimum Gasteiger partial charge on any atom is -0.326 e. The Morgan fingerprint density at radius 2 is 1.87 bits per heavy atom. The van der Waals surface area contributed by atoms with Crippen molar-refractivity contribution in [3.63, 3.8) is 0 Å². The molecule has 23 heavy (non-hydrogen) atoms. The topological polar surface area (TPSA) is 46.2 Å². The molecule has 0 atom stereocenters. The summed E-state index contributed by atoms with van der Waals surface area (Å²) >= 11 is 1.40. The maximum atomic E-state index is 14.0. The number of ketones is 1. The molecule has 5 heteroatoms. The number of hydrogen-bond acceptors (Lipinski definition) is 3. The summed E-state index contributed by atoms with van der Waals surface area (Å²) in [6.45, 7) is 5.35. The van der Waals surface area contributed by atoms with E-state index in [1.165, 1.54) is 30.8 Å². The van der Waals surface area contributed by atoms with Crippen molar-refractivity contribution in [2.45, 2.75) is 25.7 Å². The third-order valence-corrected chi connectivity index (χ3v) is 4.45. The lowest BCUT2D eigenvalue weighted by molar-refractivity contribution is -0.114. The number of benzene rings is 2. The summed E-state index contributed by atoms with van der Waals surface area (Å²) in [6, 6.07) is 10.1. The minimum absolute atomic E-state index is 0.0383. The van der Waals surface area contributed by atoms with Gasteiger partial charge in [-0.3, -0.25) is 9.59 Å². The fraction of sp³-hybridized carbons (Fsp3) is 0.222. The van der Waals surface area contributed by atoms with Crippen molar-refractivity contribution in [2.24, 2.45) is 0 Å². The van der Waals surface area contributed by atoms with Crippen LogP contribution in [0, 0.1) is 19.7 Å². The second-order valence-electron chi connectivity index (χ2n) is 5.36. The van der Waals surface area contributed by atoms with Crippen LogP contribution < -0.4 is 5.32 Å². The van der Waals surface area contributed by atoms with Gasteiger partial charge in [-0.1, -0.05) is 17.7 Å². The molecule has 0 radical (unpaired) electrons. The van der Waals surface area contributed by atoms with Crippen molar-refractivity contribution in [2.75, 3.05) is 11.1 Å². The van der Waals surface area contributed by atoms with Gasteiger partial charge in [0, 0.05) is 17.5 Å². The molecule has 0 saturated heterocycles. The molecule has 0 aliphatic carbocycles. The van der Waals surface area contributed by atoms with Crippen LogP contribution in [0.3, 0.4) is 0 Å². The van der Waals surface area contributed by atoms with Crippen LogP contribution in [-0.4, -0.2) is 17.4 Å². The van der Waals surface area contributed by atoms with Crippen LogP contribution in [0.5, 0.6) is 0 Å². The van der Waals surface area contributed by atoms with Gasteiger partial charge in [0.25, 0.3) is 0 Å². The van der Waals surface area contributed by atoms with E-state index in [1.54, 1.807) is 0 Å². The summed E-state index contributed by atoms with van der Waals surface area (Å²) in [7, 11) is 0. The van der Waals surface area contributed by atoms with Gasteiger partial charge in [0.1, 0.15) is 5.82 Å². The fourth-order valence-corrected chi connectivity index (χ4v) is 3.10. The highest BCUT2D eigenvalue weighted by molar-refractivity contribution is 8.00. The maximum absolute atomic E-state index is 14.0. The van der Waals surface area contributed by atoms with Gasteiger partial charge in [-0.15, -0.1) is 11.8 Å². The molecular weight excluding hydrogens is 313 g/mol. The molecule has 0 fully saturated rings. The van der Waals surface area contributed by atoms with Crippen LogP contribution >= 0.6 is 11.8 Å². The molecule has 0 heterocycles. The zero-order valence-electron chi connectivity index (χ0n) is 13.3. The van der Waals surface area contributed by atoms with E-state index in [0.29, 0.717) is 5.69 Å². The molecule has 0 spiro atoms. The zero-order valence-corrected chi connectivity index (χ0v) is 14.1. The molecule has 2 aromatic carbocycles. The average Bonchev–Trinajstić information content (AvgIpc) is 2.45. The zero-order chi connectivity index (χ0) is 17.0. The molecule has 0 bridgehead atoms. The van der Waals surface area contributed by atoms with Crippen LogP contribution in [0.15, 0.2) is 41.3 Å². The Morgan fingerprint density at radius 1 is 1.13 bits per heavy atom. The average molecular weight is 331 g/mol. The Labute approximate surface area is 139 Å². The van der Waals surface area contributed by atoms with E-state index in [1.807, 2.05) is 26.0 Å². The first-order valence-electron chi connectivity index (χ1n) is 7.17. The SMILES string of the molecule is CC(=O)Nc1ccc(C(=O)CSc2ccc(C)cc2C)c(F)c1. The molecule has 2 aromatic rings. The first-order valence-corrected chi connectivity index (χ1v) is 8.16. The molecular formula is C18H18FNO2S. The lowest BCUT2D eigenvalue weighted by atomic mass is 10.1. The summed E-state index contributed by atoms with van der Waals surface area (Å²) in [5.41, 5.74) is 2.65. The maximum Gasteiger partial charge on any atom is 0.221 e. The number of rotatable bonds is 5. The lowest BCUT2D eigenvalue weighted by Crippen LogP contribution is -2.09. The second-order valence-corrected chi connectivity index (χ2v) is 6.37. The van der Waals surface area contributed by atoms with Gasteiger partial charge < -0.3 is 5.32 Å². The van der Waals surface area contributed by atoms with Crippen LogP contribution in [0.4, 0.5) is 10.1 Å². The van der Waals surface area contributed by atoms with Gasteiger partial charge in [-0.05, 0) is 43.7 Å². The quantitative estimate of drug-likeness (QED) is 0.653. The number of halogens is 1. The Bertz CT molecular complexity index is 759. The predicted molar refractivity (Wildman–Crippen MR) is 91.7 cm³/mol.